The van der Waals surface area contributed by atoms with Gasteiger partial charge in [0.05, 0.1) is 11.6 Å². The molecular formula is C24H33N5OS. The normalized spacial score (nSPS) is 20.0. The highest BCUT2D eigenvalue weighted by atomic mass is 32.1. The molecular weight excluding hydrogens is 406 g/mol. The van der Waals surface area contributed by atoms with Gasteiger partial charge in [-0.3, -0.25) is 0 Å². The molecule has 0 saturated heterocycles. The van der Waals surface area contributed by atoms with Crippen LogP contribution in [0.3, 0.4) is 0 Å². The number of aromatic nitrogens is 2. The third kappa shape index (κ3) is 5.53. The second-order valence-corrected chi connectivity index (χ2v) is 9.96. The van der Waals surface area contributed by atoms with Crippen molar-refractivity contribution in [3.05, 3.63) is 46.2 Å². The zero-order valence-electron chi connectivity index (χ0n) is 18.6. The summed E-state index contributed by atoms with van der Waals surface area (Å²) in [5.41, 5.74) is 0.980. The molecule has 31 heavy (non-hydrogen) atoms. The standard InChI is InChI=1S/C24H33N5OS/c1-16(30)22-13-12-19(31-22)15-25-14-17-8-10-18(11-9-17)26-24-27-21-7-5-4-6-20(21)23(28-24)29(2)3/h4-7,12-13,16-18,25,30H,8-11,14-15H2,1-3H3,(H,26,27,28). The smallest absolute Gasteiger partial charge is 0.225 e. The van der Waals surface area contributed by atoms with E-state index >= 15 is 0 Å². The summed E-state index contributed by atoms with van der Waals surface area (Å²) < 4.78 is 0. The zero-order valence-corrected chi connectivity index (χ0v) is 19.5. The van der Waals surface area contributed by atoms with Gasteiger partial charge < -0.3 is 20.6 Å². The second kappa shape index (κ2) is 9.94. The molecule has 1 aromatic carbocycles. The first kappa shape index (κ1) is 22.0. The van der Waals surface area contributed by atoms with Crippen molar-refractivity contribution in [1.29, 1.82) is 0 Å². The Morgan fingerprint density at radius 3 is 2.58 bits per heavy atom. The van der Waals surface area contributed by atoms with Crippen molar-refractivity contribution in [2.24, 2.45) is 5.92 Å². The molecule has 4 rings (SSSR count). The fraction of sp³-hybridized carbons (Fsp3) is 0.500. The van der Waals surface area contributed by atoms with E-state index in [2.05, 4.69) is 33.7 Å². The van der Waals surface area contributed by atoms with Gasteiger partial charge in [-0.25, -0.2) is 4.98 Å². The molecule has 1 aliphatic rings. The monoisotopic (exact) mass is 439 g/mol. The Morgan fingerprint density at radius 2 is 1.87 bits per heavy atom. The van der Waals surface area contributed by atoms with E-state index in [1.54, 1.807) is 11.3 Å². The lowest BCUT2D eigenvalue weighted by Gasteiger charge is -2.29. The summed E-state index contributed by atoms with van der Waals surface area (Å²) in [7, 11) is 4.05. The van der Waals surface area contributed by atoms with Crippen molar-refractivity contribution >= 4 is 34.0 Å². The molecule has 0 radical (unpaired) electrons. The molecule has 1 atom stereocenters. The van der Waals surface area contributed by atoms with Crippen LogP contribution < -0.4 is 15.5 Å². The molecule has 0 bridgehead atoms. The van der Waals surface area contributed by atoms with Gasteiger partial charge in [-0.15, -0.1) is 11.3 Å². The van der Waals surface area contributed by atoms with Crippen molar-refractivity contribution in [3.63, 3.8) is 0 Å². The maximum atomic E-state index is 9.66. The van der Waals surface area contributed by atoms with Crippen molar-refractivity contribution < 1.29 is 5.11 Å². The SMILES string of the molecule is CC(O)c1ccc(CNCC2CCC(Nc3nc(N(C)C)c4ccccc4n3)CC2)s1. The van der Waals surface area contributed by atoms with E-state index in [0.717, 1.165) is 53.5 Å². The van der Waals surface area contributed by atoms with Crippen LogP contribution in [-0.2, 0) is 6.54 Å². The number of hydrogen-bond acceptors (Lipinski definition) is 7. The van der Waals surface area contributed by atoms with Gasteiger partial charge in [0.25, 0.3) is 0 Å². The van der Waals surface area contributed by atoms with Gasteiger partial charge in [-0.2, -0.15) is 4.98 Å². The molecule has 0 aliphatic heterocycles. The highest BCUT2D eigenvalue weighted by Crippen LogP contribution is 2.28. The minimum absolute atomic E-state index is 0.373. The number of aliphatic hydroxyl groups is 1. The first-order valence-corrected chi connectivity index (χ1v) is 12.0. The maximum absolute atomic E-state index is 9.66. The van der Waals surface area contributed by atoms with E-state index < -0.39 is 0 Å². The predicted octanol–water partition coefficient (Wildman–Crippen LogP) is 4.57. The van der Waals surface area contributed by atoms with Gasteiger partial charge in [0.2, 0.25) is 5.95 Å². The van der Waals surface area contributed by atoms with Crippen LogP contribution in [0.5, 0.6) is 0 Å². The van der Waals surface area contributed by atoms with Crippen LogP contribution in [0.25, 0.3) is 10.9 Å². The molecule has 1 unspecified atom stereocenters. The first-order valence-electron chi connectivity index (χ1n) is 11.2. The number of hydrogen-bond donors (Lipinski definition) is 3. The summed E-state index contributed by atoms with van der Waals surface area (Å²) in [6.45, 7) is 3.75. The topological polar surface area (TPSA) is 73.3 Å². The van der Waals surface area contributed by atoms with E-state index in [9.17, 15) is 5.11 Å². The minimum atomic E-state index is -0.373. The van der Waals surface area contributed by atoms with E-state index in [1.165, 1.54) is 17.7 Å². The van der Waals surface area contributed by atoms with Gasteiger partial charge in [0, 0.05) is 41.8 Å². The van der Waals surface area contributed by atoms with Crippen LogP contribution in [0.2, 0.25) is 0 Å². The van der Waals surface area contributed by atoms with Crippen LogP contribution in [0, 0.1) is 5.92 Å². The van der Waals surface area contributed by atoms with Gasteiger partial charge in [0.1, 0.15) is 5.82 Å². The number of aliphatic hydroxyl groups excluding tert-OH is 1. The number of fused-ring (bicyclic) bond motifs is 1. The lowest BCUT2D eigenvalue weighted by molar-refractivity contribution is 0.203. The van der Waals surface area contributed by atoms with Gasteiger partial charge in [-0.05, 0) is 69.3 Å². The molecule has 0 spiro atoms. The Labute approximate surface area is 188 Å². The number of nitrogens with zero attached hydrogens (tertiary/aromatic N) is 3. The van der Waals surface area contributed by atoms with E-state index in [-0.39, 0.29) is 6.10 Å². The highest BCUT2D eigenvalue weighted by Gasteiger charge is 2.22. The number of nitrogens with one attached hydrogen (secondary N) is 2. The number of anilines is 2. The molecule has 166 valence electrons. The number of thiophene rings is 1. The molecule has 1 saturated carbocycles. The van der Waals surface area contributed by atoms with Crippen molar-refractivity contribution in [2.45, 2.75) is 51.3 Å². The third-order valence-corrected chi connectivity index (χ3v) is 7.27. The minimum Gasteiger partial charge on any atom is -0.388 e. The van der Waals surface area contributed by atoms with Gasteiger partial charge in [0.15, 0.2) is 0 Å². The number of rotatable bonds is 8. The summed E-state index contributed by atoms with van der Waals surface area (Å²) >= 11 is 1.69. The summed E-state index contributed by atoms with van der Waals surface area (Å²) in [6.07, 6.45) is 4.34. The molecule has 1 fully saturated rings. The molecule has 2 aromatic heterocycles. The van der Waals surface area contributed by atoms with E-state index in [4.69, 9.17) is 9.97 Å². The average Bonchev–Trinajstić information content (AvgIpc) is 3.24. The van der Waals surface area contributed by atoms with Crippen LogP contribution in [0.15, 0.2) is 36.4 Å². The Morgan fingerprint density at radius 1 is 1.10 bits per heavy atom. The molecule has 1 aliphatic carbocycles. The summed E-state index contributed by atoms with van der Waals surface area (Å²) in [6, 6.07) is 12.8. The third-order valence-electron chi connectivity index (χ3n) is 6.01. The van der Waals surface area contributed by atoms with Crippen LogP contribution in [0.1, 0.15) is 48.5 Å². The van der Waals surface area contributed by atoms with Crippen LogP contribution in [-0.4, -0.2) is 41.8 Å². The summed E-state index contributed by atoms with van der Waals surface area (Å²) in [5, 5.41) is 17.9. The predicted molar refractivity (Wildman–Crippen MR) is 130 cm³/mol. The molecule has 3 N–H and O–H groups in total. The fourth-order valence-electron chi connectivity index (χ4n) is 4.27. The van der Waals surface area contributed by atoms with Gasteiger partial charge in [-0.1, -0.05) is 12.1 Å². The van der Waals surface area contributed by atoms with Crippen LogP contribution >= 0.6 is 11.3 Å². The number of para-hydroxylation sites is 1. The van der Waals surface area contributed by atoms with Gasteiger partial charge >= 0.3 is 0 Å². The Kier molecular flexibility index (Phi) is 7.05. The second-order valence-electron chi connectivity index (χ2n) is 8.76. The summed E-state index contributed by atoms with van der Waals surface area (Å²) in [5.74, 6) is 2.40. The average molecular weight is 440 g/mol. The van der Waals surface area contributed by atoms with Crippen LogP contribution in [0.4, 0.5) is 11.8 Å². The Bertz CT molecular complexity index is 995. The van der Waals surface area contributed by atoms with Crippen molar-refractivity contribution in [1.82, 2.24) is 15.3 Å². The Balaban J connectivity index is 1.27. The zero-order chi connectivity index (χ0) is 21.8. The fourth-order valence-corrected chi connectivity index (χ4v) is 5.19. The first-order chi connectivity index (χ1) is 15.0. The lowest BCUT2D eigenvalue weighted by Crippen LogP contribution is -2.31. The maximum Gasteiger partial charge on any atom is 0.225 e. The molecule has 3 aromatic rings. The molecule has 6 nitrogen and oxygen atoms in total. The molecule has 0 amide bonds. The summed E-state index contributed by atoms with van der Waals surface area (Å²) in [4.78, 5) is 13.9. The van der Waals surface area contributed by atoms with Crippen molar-refractivity contribution in [2.75, 3.05) is 30.9 Å². The molecule has 7 heteroatoms. The highest BCUT2D eigenvalue weighted by molar-refractivity contribution is 7.12. The van der Waals surface area contributed by atoms with E-state index in [1.807, 2.05) is 39.2 Å². The molecule has 2 heterocycles. The largest absolute Gasteiger partial charge is 0.388 e. The van der Waals surface area contributed by atoms with Crippen molar-refractivity contribution in [3.8, 4) is 0 Å². The number of benzene rings is 1. The van der Waals surface area contributed by atoms with E-state index in [0.29, 0.717) is 12.0 Å². The lowest BCUT2D eigenvalue weighted by atomic mass is 9.86. The Hall–Kier alpha value is -2.22. The quantitative estimate of drug-likeness (QED) is 0.477.